The van der Waals surface area contributed by atoms with Gasteiger partial charge in [0.15, 0.2) is 0 Å². The number of nitrogens with zero attached hydrogens (tertiary/aromatic N) is 1. The lowest BCUT2D eigenvalue weighted by Crippen LogP contribution is -2.39. The van der Waals surface area contributed by atoms with Crippen molar-refractivity contribution in [1.29, 1.82) is 0 Å². The molecule has 0 heterocycles. The van der Waals surface area contributed by atoms with E-state index in [1.54, 1.807) is 6.92 Å². The highest BCUT2D eigenvalue weighted by Gasteiger charge is 2.19. The molecule has 6 nitrogen and oxygen atoms in total. The largest absolute Gasteiger partial charge is 0.394 e. The van der Waals surface area contributed by atoms with Gasteiger partial charge in [0.1, 0.15) is 0 Å². The van der Waals surface area contributed by atoms with Gasteiger partial charge in [0.25, 0.3) is 0 Å². The first-order chi connectivity index (χ1) is 8.44. The topological polar surface area (TPSA) is 78.9 Å². The first-order valence-corrected chi connectivity index (χ1v) is 7.94. The van der Waals surface area contributed by atoms with E-state index in [0.29, 0.717) is 26.2 Å². The Hall–Kier alpha value is -0.210. The van der Waals surface area contributed by atoms with Gasteiger partial charge in [0.05, 0.1) is 25.6 Å². The minimum absolute atomic E-state index is 0.0445. The number of aliphatic hydroxyl groups excluding tert-OH is 1. The maximum Gasteiger partial charge on any atom is 0.215 e. The van der Waals surface area contributed by atoms with Crippen LogP contribution in [0, 0.1) is 0 Å². The van der Waals surface area contributed by atoms with Crippen LogP contribution in [0.4, 0.5) is 0 Å². The average Bonchev–Trinajstić information content (AvgIpc) is 2.28. The fourth-order valence-corrected chi connectivity index (χ4v) is 2.81. The smallest absolute Gasteiger partial charge is 0.215 e. The lowest BCUT2D eigenvalue weighted by Gasteiger charge is -2.20. The minimum atomic E-state index is -3.23. The third-order valence-corrected chi connectivity index (χ3v) is 4.33. The average molecular weight is 282 g/mol. The Balaban J connectivity index is 4.09. The van der Waals surface area contributed by atoms with Crippen LogP contribution >= 0.6 is 0 Å². The molecule has 0 amide bonds. The predicted molar refractivity (Wildman–Crippen MR) is 72.1 cm³/mol. The highest BCUT2D eigenvalue weighted by atomic mass is 32.2. The molecular weight excluding hydrogens is 256 g/mol. The van der Waals surface area contributed by atoms with Crippen molar-refractivity contribution >= 4 is 10.0 Å². The summed E-state index contributed by atoms with van der Waals surface area (Å²) in [7, 11) is -3.23. The monoisotopic (exact) mass is 282 g/mol. The van der Waals surface area contributed by atoms with Crippen LogP contribution < -0.4 is 5.32 Å². The van der Waals surface area contributed by atoms with E-state index in [2.05, 4.69) is 5.32 Å². The summed E-state index contributed by atoms with van der Waals surface area (Å²) in [4.78, 5) is 0. The van der Waals surface area contributed by atoms with Gasteiger partial charge in [0, 0.05) is 25.7 Å². The van der Waals surface area contributed by atoms with E-state index in [4.69, 9.17) is 9.84 Å². The van der Waals surface area contributed by atoms with Gasteiger partial charge >= 0.3 is 0 Å². The fraction of sp³-hybridized carbons (Fsp3) is 1.00. The second-order valence-corrected chi connectivity index (χ2v) is 6.34. The maximum atomic E-state index is 12.0. The number of hydrogen-bond acceptors (Lipinski definition) is 5. The van der Waals surface area contributed by atoms with E-state index in [1.165, 1.54) is 4.31 Å². The number of rotatable bonds is 11. The Kier molecular flexibility index (Phi) is 9.57. The molecule has 2 N–H and O–H groups in total. The van der Waals surface area contributed by atoms with E-state index in [9.17, 15) is 8.42 Å². The number of ether oxygens (including phenoxy) is 1. The zero-order chi connectivity index (χ0) is 14.0. The van der Waals surface area contributed by atoms with Gasteiger partial charge in [-0.15, -0.1) is 0 Å². The van der Waals surface area contributed by atoms with Crippen molar-refractivity contribution in [1.82, 2.24) is 9.62 Å². The number of nitrogens with one attached hydrogen (secondary N) is 1. The van der Waals surface area contributed by atoms with E-state index >= 15 is 0 Å². The number of hydrogen-bond donors (Lipinski definition) is 2. The van der Waals surface area contributed by atoms with Crippen molar-refractivity contribution in [2.24, 2.45) is 0 Å². The molecule has 0 bridgehead atoms. The van der Waals surface area contributed by atoms with Gasteiger partial charge in [-0.1, -0.05) is 20.8 Å². The molecule has 0 unspecified atom stereocenters. The van der Waals surface area contributed by atoms with Crippen molar-refractivity contribution in [3.63, 3.8) is 0 Å². The van der Waals surface area contributed by atoms with Gasteiger partial charge < -0.3 is 15.2 Å². The third-order valence-electron chi connectivity index (χ3n) is 2.38. The van der Waals surface area contributed by atoms with Gasteiger partial charge in [-0.2, -0.15) is 4.31 Å². The van der Waals surface area contributed by atoms with E-state index in [0.717, 1.165) is 0 Å². The molecule has 0 fully saturated rings. The highest BCUT2D eigenvalue weighted by molar-refractivity contribution is 7.89. The fourth-order valence-electron chi connectivity index (χ4n) is 1.43. The van der Waals surface area contributed by atoms with Crippen molar-refractivity contribution in [2.45, 2.75) is 26.8 Å². The van der Waals surface area contributed by atoms with Gasteiger partial charge in [0.2, 0.25) is 10.0 Å². The van der Waals surface area contributed by atoms with E-state index < -0.39 is 10.0 Å². The molecule has 7 heteroatoms. The second-order valence-electron chi connectivity index (χ2n) is 4.25. The first kappa shape index (κ1) is 17.8. The molecule has 0 aromatic heterocycles. The van der Waals surface area contributed by atoms with Gasteiger partial charge in [-0.05, 0) is 0 Å². The number of sulfonamides is 1. The predicted octanol–water partition coefficient (Wildman–Crippen LogP) is -0.355. The van der Waals surface area contributed by atoms with Crippen LogP contribution in [0.5, 0.6) is 0 Å². The Morgan fingerprint density at radius 1 is 1.33 bits per heavy atom. The highest BCUT2D eigenvalue weighted by Crippen LogP contribution is 2.00. The van der Waals surface area contributed by atoms with Crippen molar-refractivity contribution < 1.29 is 18.3 Å². The Bertz CT molecular complexity index is 293. The summed E-state index contributed by atoms with van der Waals surface area (Å²) in [5.74, 6) is 0.0962. The van der Waals surface area contributed by atoms with Gasteiger partial charge in [-0.25, -0.2) is 8.42 Å². The molecule has 0 spiro atoms. The van der Waals surface area contributed by atoms with Crippen LogP contribution in [-0.4, -0.2) is 69.1 Å². The molecule has 18 heavy (non-hydrogen) atoms. The molecule has 110 valence electrons. The normalized spacial score (nSPS) is 12.6. The molecule has 0 saturated heterocycles. The van der Waals surface area contributed by atoms with Crippen molar-refractivity contribution in [3.05, 3.63) is 0 Å². The quantitative estimate of drug-likeness (QED) is 0.506. The lowest BCUT2D eigenvalue weighted by molar-refractivity contribution is 0.0860. The van der Waals surface area contributed by atoms with Gasteiger partial charge in [-0.3, -0.25) is 0 Å². The summed E-state index contributed by atoms with van der Waals surface area (Å²) in [5.41, 5.74) is 0. The zero-order valence-electron chi connectivity index (χ0n) is 11.6. The van der Waals surface area contributed by atoms with Crippen LogP contribution in [0.25, 0.3) is 0 Å². The number of likely N-dealkylation sites (N-methyl/N-ethyl adjacent to an activating group) is 1. The molecule has 0 aliphatic rings. The molecule has 0 rings (SSSR count). The van der Waals surface area contributed by atoms with E-state index in [-0.39, 0.29) is 25.0 Å². The summed E-state index contributed by atoms with van der Waals surface area (Å²) >= 11 is 0. The van der Waals surface area contributed by atoms with Crippen LogP contribution in [-0.2, 0) is 14.8 Å². The molecule has 0 aliphatic carbocycles. The number of aliphatic hydroxyl groups is 1. The van der Waals surface area contributed by atoms with Crippen LogP contribution in [0.3, 0.4) is 0 Å². The first-order valence-electron chi connectivity index (χ1n) is 6.33. The molecule has 0 atom stereocenters. The molecule has 0 aromatic carbocycles. The zero-order valence-corrected chi connectivity index (χ0v) is 12.4. The molecule has 0 aliphatic heterocycles. The van der Waals surface area contributed by atoms with Crippen molar-refractivity contribution in [3.8, 4) is 0 Å². The van der Waals surface area contributed by atoms with Crippen molar-refractivity contribution in [2.75, 3.05) is 45.2 Å². The lowest BCUT2D eigenvalue weighted by atomic mass is 10.4. The van der Waals surface area contributed by atoms with Crippen LogP contribution in [0.1, 0.15) is 20.8 Å². The second kappa shape index (κ2) is 9.69. The standard InChI is InChI=1S/C11H26N2O4S/c1-4-13(6-8-17-9-7-14)18(15,16)10-5-12-11(2)3/h11-12,14H,4-10H2,1-3H3. The SMILES string of the molecule is CCN(CCOCCO)S(=O)(=O)CCNC(C)C. The molecule has 0 radical (unpaired) electrons. The summed E-state index contributed by atoms with van der Waals surface area (Å²) in [6.07, 6.45) is 0. The third kappa shape index (κ3) is 7.99. The van der Waals surface area contributed by atoms with Crippen LogP contribution in [0.15, 0.2) is 0 Å². The molecule has 0 saturated carbocycles. The summed E-state index contributed by atoms with van der Waals surface area (Å²) in [6.45, 7) is 7.50. The van der Waals surface area contributed by atoms with E-state index in [1.807, 2.05) is 13.8 Å². The Morgan fingerprint density at radius 3 is 2.50 bits per heavy atom. The molecule has 0 aromatic rings. The minimum Gasteiger partial charge on any atom is -0.394 e. The Morgan fingerprint density at radius 2 is 2.00 bits per heavy atom. The summed E-state index contributed by atoms with van der Waals surface area (Å²) < 4.78 is 30.5. The van der Waals surface area contributed by atoms with Crippen LogP contribution in [0.2, 0.25) is 0 Å². The molecular formula is C11H26N2O4S. The Labute approximate surface area is 110 Å². The maximum absolute atomic E-state index is 12.0. The summed E-state index contributed by atoms with van der Waals surface area (Å²) in [6, 6.07) is 0.281. The summed E-state index contributed by atoms with van der Waals surface area (Å²) in [5, 5.41) is 11.6.